The minimum atomic E-state index is -0.153. The van der Waals surface area contributed by atoms with Crippen molar-refractivity contribution in [3.05, 3.63) is 60.2 Å². The van der Waals surface area contributed by atoms with Crippen LogP contribution in [0, 0.1) is 0 Å². The van der Waals surface area contributed by atoms with Gasteiger partial charge < -0.3 is 11.1 Å². The molecule has 1 aliphatic heterocycles. The maximum absolute atomic E-state index is 12.4. The molecule has 22 heavy (non-hydrogen) atoms. The summed E-state index contributed by atoms with van der Waals surface area (Å²) < 4.78 is 0. The molecule has 0 unspecified atom stereocenters. The SMILES string of the molecule is NC[C@@H]1CCS[C@H](c2cccc(-c3ccccc3)c2)C(=O)N1. The number of nitrogens with one attached hydrogen (secondary N) is 1. The number of carbonyl (C=O) groups excluding carboxylic acids is 1. The fraction of sp³-hybridized carbons (Fsp3) is 0.278. The Kier molecular flexibility index (Phi) is 4.80. The zero-order valence-corrected chi connectivity index (χ0v) is 13.2. The maximum atomic E-state index is 12.4. The van der Waals surface area contributed by atoms with Crippen LogP contribution in [0.25, 0.3) is 11.1 Å². The van der Waals surface area contributed by atoms with Crippen LogP contribution in [0.15, 0.2) is 54.6 Å². The van der Waals surface area contributed by atoms with E-state index in [4.69, 9.17) is 5.73 Å². The van der Waals surface area contributed by atoms with Crippen LogP contribution in [0.1, 0.15) is 17.2 Å². The fourth-order valence-corrected chi connectivity index (χ4v) is 3.90. The quantitative estimate of drug-likeness (QED) is 0.916. The molecule has 2 atom stereocenters. The molecule has 0 bridgehead atoms. The average Bonchev–Trinajstić information content (AvgIpc) is 2.77. The summed E-state index contributed by atoms with van der Waals surface area (Å²) in [5.74, 6) is 1.02. The Morgan fingerprint density at radius 3 is 2.64 bits per heavy atom. The lowest BCUT2D eigenvalue weighted by Gasteiger charge is -2.16. The van der Waals surface area contributed by atoms with Gasteiger partial charge in [-0.2, -0.15) is 0 Å². The number of nitrogens with two attached hydrogens (primary N) is 1. The molecule has 1 amide bonds. The normalized spacial score (nSPS) is 22.0. The number of rotatable bonds is 3. The Labute approximate surface area is 135 Å². The van der Waals surface area contributed by atoms with Gasteiger partial charge in [0.15, 0.2) is 0 Å². The summed E-state index contributed by atoms with van der Waals surface area (Å²) in [6.45, 7) is 0.503. The van der Waals surface area contributed by atoms with Crippen molar-refractivity contribution < 1.29 is 4.79 Å². The van der Waals surface area contributed by atoms with E-state index in [2.05, 4.69) is 29.6 Å². The summed E-state index contributed by atoms with van der Waals surface area (Å²) in [5.41, 5.74) is 9.07. The van der Waals surface area contributed by atoms with E-state index in [0.29, 0.717) is 6.54 Å². The highest BCUT2D eigenvalue weighted by Gasteiger charge is 2.26. The second-order valence-corrected chi connectivity index (χ2v) is 6.69. The highest BCUT2D eigenvalue weighted by atomic mass is 32.2. The van der Waals surface area contributed by atoms with Crippen molar-refractivity contribution in [2.75, 3.05) is 12.3 Å². The minimum Gasteiger partial charge on any atom is -0.351 e. The summed E-state index contributed by atoms with van der Waals surface area (Å²) in [5, 5.41) is 2.90. The number of benzene rings is 2. The zero-order valence-electron chi connectivity index (χ0n) is 12.4. The third-order valence-electron chi connectivity index (χ3n) is 3.92. The first kappa shape index (κ1) is 15.1. The number of hydrogen-bond donors (Lipinski definition) is 2. The maximum Gasteiger partial charge on any atom is 0.237 e. The molecule has 3 N–H and O–H groups in total. The van der Waals surface area contributed by atoms with Gasteiger partial charge in [-0.15, -0.1) is 11.8 Å². The van der Waals surface area contributed by atoms with Crippen LogP contribution in [-0.2, 0) is 4.79 Å². The molecular formula is C18H20N2OS. The zero-order chi connectivity index (χ0) is 15.4. The van der Waals surface area contributed by atoms with Gasteiger partial charge in [-0.1, -0.05) is 48.5 Å². The Bertz CT molecular complexity index is 645. The van der Waals surface area contributed by atoms with Gasteiger partial charge in [0.1, 0.15) is 5.25 Å². The second-order valence-electron chi connectivity index (χ2n) is 5.47. The van der Waals surface area contributed by atoms with E-state index < -0.39 is 0 Å². The Morgan fingerprint density at radius 2 is 1.86 bits per heavy atom. The van der Waals surface area contributed by atoms with E-state index in [1.165, 1.54) is 5.56 Å². The molecule has 1 saturated heterocycles. The van der Waals surface area contributed by atoms with Crippen molar-refractivity contribution in [2.24, 2.45) is 5.73 Å². The van der Waals surface area contributed by atoms with Crippen LogP contribution in [-0.4, -0.2) is 24.2 Å². The fourth-order valence-electron chi connectivity index (χ4n) is 2.69. The summed E-state index contributed by atoms with van der Waals surface area (Å²) in [6, 6.07) is 18.6. The standard InChI is InChI=1S/C18H20N2OS/c19-12-16-9-10-22-17(18(21)20-16)15-8-4-7-14(11-15)13-5-2-1-3-6-13/h1-8,11,16-17H,9-10,12,19H2,(H,20,21)/t16-,17+/m0/s1. The molecular weight excluding hydrogens is 292 g/mol. The lowest BCUT2D eigenvalue weighted by molar-refractivity contribution is -0.121. The van der Waals surface area contributed by atoms with Gasteiger partial charge in [0, 0.05) is 12.6 Å². The van der Waals surface area contributed by atoms with Gasteiger partial charge in [-0.25, -0.2) is 0 Å². The molecule has 2 aromatic carbocycles. The molecule has 0 saturated carbocycles. The van der Waals surface area contributed by atoms with E-state index in [-0.39, 0.29) is 17.2 Å². The van der Waals surface area contributed by atoms with Crippen molar-refractivity contribution in [1.29, 1.82) is 0 Å². The molecule has 0 spiro atoms. The molecule has 1 aliphatic rings. The molecule has 3 rings (SSSR count). The van der Waals surface area contributed by atoms with Gasteiger partial charge >= 0.3 is 0 Å². The number of carbonyl (C=O) groups is 1. The molecule has 0 aromatic heterocycles. The van der Waals surface area contributed by atoms with Crippen LogP contribution < -0.4 is 11.1 Å². The first-order valence-electron chi connectivity index (χ1n) is 7.55. The Hall–Kier alpha value is -1.78. The van der Waals surface area contributed by atoms with Gasteiger partial charge in [-0.05, 0) is 34.9 Å². The minimum absolute atomic E-state index is 0.0724. The Balaban J connectivity index is 1.87. The molecule has 3 nitrogen and oxygen atoms in total. The predicted octanol–water partition coefficient (Wildman–Crippen LogP) is 2.98. The highest BCUT2D eigenvalue weighted by Crippen LogP contribution is 2.34. The van der Waals surface area contributed by atoms with Crippen LogP contribution in [0.3, 0.4) is 0 Å². The van der Waals surface area contributed by atoms with E-state index in [0.717, 1.165) is 23.3 Å². The van der Waals surface area contributed by atoms with Crippen molar-refractivity contribution in [1.82, 2.24) is 5.32 Å². The summed E-state index contributed by atoms with van der Waals surface area (Å²) in [7, 11) is 0. The highest BCUT2D eigenvalue weighted by molar-refractivity contribution is 8.00. The van der Waals surface area contributed by atoms with Crippen molar-refractivity contribution in [3.8, 4) is 11.1 Å². The van der Waals surface area contributed by atoms with E-state index in [1.807, 2.05) is 30.3 Å². The van der Waals surface area contributed by atoms with Crippen LogP contribution in [0.5, 0.6) is 0 Å². The van der Waals surface area contributed by atoms with E-state index >= 15 is 0 Å². The summed E-state index contributed by atoms with van der Waals surface area (Å²) in [4.78, 5) is 12.4. The Morgan fingerprint density at radius 1 is 1.09 bits per heavy atom. The first-order valence-corrected chi connectivity index (χ1v) is 8.60. The van der Waals surface area contributed by atoms with Crippen LogP contribution >= 0.6 is 11.8 Å². The number of hydrogen-bond acceptors (Lipinski definition) is 3. The lowest BCUT2D eigenvalue weighted by atomic mass is 10.0. The first-order chi connectivity index (χ1) is 10.8. The number of thioether (sulfide) groups is 1. The van der Waals surface area contributed by atoms with E-state index in [1.54, 1.807) is 11.8 Å². The van der Waals surface area contributed by atoms with Gasteiger partial charge in [0.05, 0.1) is 0 Å². The molecule has 0 radical (unpaired) electrons. The topological polar surface area (TPSA) is 55.1 Å². The largest absolute Gasteiger partial charge is 0.351 e. The van der Waals surface area contributed by atoms with Gasteiger partial charge in [0.25, 0.3) is 0 Å². The second kappa shape index (κ2) is 6.99. The summed E-state index contributed by atoms with van der Waals surface area (Å²) >= 11 is 1.70. The third kappa shape index (κ3) is 3.34. The van der Waals surface area contributed by atoms with Gasteiger partial charge in [-0.3, -0.25) is 4.79 Å². The molecule has 1 heterocycles. The van der Waals surface area contributed by atoms with E-state index in [9.17, 15) is 4.79 Å². The predicted molar refractivity (Wildman–Crippen MR) is 92.7 cm³/mol. The molecule has 2 aromatic rings. The van der Waals surface area contributed by atoms with Gasteiger partial charge in [0.2, 0.25) is 5.91 Å². The number of amides is 1. The van der Waals surface area contributed by atoms with Crippen LogP contribution in [0.4, 0.5) is 0 Å². The smallest absolute Gasteiger partial charge is 0.237 e. The molecule has 114 valence electrons. The molecule has 1 fully saturated rings. The third-order valence-corrected chi connectivity index (χ3v) is 5.21. The van der Waals surface area contributed by atoms with Crippen LogP contribution in [0.2, 0.25) is 0 Å². The molecule has 4 heteroatoms. The summed E-state index contributed by atoms with van der Waals surface area (Å²) in [6.07, 6.45) is 0.932. The lowest BCUT2D eigenvalue weighted by Crippen LogP contribution is -2.40. The molecule has 0 aliphatic carbocycles. The monoisotopic (exact) mass is 312 g/mol. The average molecular weight is 312 g/mol. The van der Waals surface area contributed by atoms with Crippen molar-refractivity contribution in [2.45, 2.75) is 17.7 Å². The van der Waals surface area contributed by atoms with Crippen molar-refractivity contribution in [3.63, 3.8) is 0 Å². The van der Waals surface area contributed by atoms with Crippen molar-refractivity contribution >= 4 is 17.7 Å².